The zero-order valence-corrected chi connectivity index (χ0v) is 19.2. The van der Waals surface area contributed by atoms with Crippen LogP contribution in [0, 0.1) is 0 Å². The minimum atomic E-state index is -2.60. The lowest BCUT2D eigenvalue weighted by molar-refractivity contribution is 0.206. The largest absolute Gasteiger partial charge is 0.399 e. The fourth-order valence-electron chi connectivity index (χ4n) is 4.34. The molecule has 0 aliphatic heterocycles. The van der Waals surface area contributed by atoms with Gasteiger partial charge in [0.1, 0.15) is 0 Å². The van der Waals surface area contributed by atoms with Crippen molar-refractivity contribution in [2.75, 3.05) is 0 Å². The average molecular weight is 412 g/mol. The van der Waals surface area contributed by atoms with E-state index in [4.69, 9.17) is 9.41 Å². The van der Waals surface area contributed by atoms with Gasteiger partial charge in [0.05, 0.1) is 11.8 Å². The number of aromatic nitrogens is 1. The molecule has 0 fully saturated rings. The summed E-state index contributed by atoms with van der Waals surface area (Å²) in [6, 6.07) is 32.0. The molecule has 0 amide bonds. The Morgan fingerprint density at radius 3 is 1.77 bits per heavy atom. The van der Waals surface area contributed by atoms with Gasteiger partial charge in [-0.15, -0.1) is 0 Å². The van der Waals surface area contributed by atoms with E-state index in [2.05, 4.69) is 113 Å². The summed E-state index contributed by atoms with van der Waals surface area (Å²) in [5.41, 5.74) is 0.974. The first-order valence-corrected chi connectivity index (χ1v) is 12.5. The lowest BCUT2D eigenvalue weighted by atomic mass is 10.1. The lowest BCUT2D eigenvalue weighted by Gasteiger charge is -2.44. The molecule has 152 valence electrons. The molecule has 4 aromatic rings. The van der Waals surface area contributed by atoms with Crippen molar-refractivity contribution in [3.63, 3.8) is 0 Å². The van der Waals surface area contributed by atoms with Gasteiger partial charge in [-0.2, -0.15) is 0 Å². The lowest BCUT2D eigenvalue weighted by Crippen LogP contribution is -2.66. The van der Waals surface area contributed by atoms with Crippen molar-refractivity contribution in [1.82, 2.24) is 4.98 Å². The van der Waals surface area contributed by atoms with E-state index < -0.39 is 8.32 Å². The fourth-order valence-corrected chi connectivity index (χ4v) is 9.01. The minimum Gasteiger partial charge on any atom is -0.399 e. The van der Waals surface area contributed by atoms with Gasteiger partial charge in [0.2, 0.25) is 0 Å². The van der Waals surface area contributed by atoms with Crippen molar-refractivity contribution in [1.29, 1.82) is 0 Å². The molecular weight excluding hydrogens is 382 g/mol. The zero-order valence-electron chi connectivity index (χ0n) is 18.2. The van der Waals surface area contributed by atoms with Gasteiger partial charge in [-0.3, -0.25) is 4.98 Å². The van der Waals surface area contributed by atoms with Crippen LogP contribution in [-0.4, -0.2) is 13.3 Å². The predicted molar refractivity (Wildman–Crippen MR) is 129 cm³/mol. The first kappa shape index (κ1) is 20.5. The highest BCUT2D eigenvalue weighted by atomic mass is 28.4. The molecule has 1 heterocycles. The number of hydrogen-bond donors (Lipinski definition) is 0. The Bertz CT molecular complexity index is 1080. The van der Waals surface area contributed by atoms with Gasteiger partial charge in [-0.1, -0.05) is 106 Å². The summed E-state index contributed by atoms with van der Waals surface area (Å²) in [6.45, 7) is 9.05. The van der Waals surface area contributed by atoms with E-state index in [0.29, 0.717) is 0 Å². The highest BCUT2D eigenvalue weighted by Gasteiger charge is 2.51. The smallest absolute Gasteiger partial charge is 0.261 e. The molecule has 1 aromatic heterocycles. The Morgan fingerprint density at radius 2 is 1.23 bits per heavy atom. The van der Waals surface area contributed by atoms with Gasteiger partial charge in [0.15, 0.2) is 0 Å². The van der Waals surface area contributed by atoms with Crippen LogP contribution in [0.3, 0.4) is 0 Å². The SMILES string of the molecule is C[C@H](O[Si](c1ccccc1)(c1ccccc1)C(C)(C)C)c1cc2ccccc2cn1. The molecule has 0 aliphatic carbocycles. The molecule has 0 spiro atoms. The number of rotatable bonds is 5. The minimum absolute atomic E-state index is 0.0547. The summed E-state index contributed by atoms with van der Waals surface area (Å²) in [7, 11) is -2.60. The first-order chi connectivity index (χ1) is 14.4. The monoisotopic (exact) mass is 411 g/mol. The summed E-state index contributed by atoms with van der Waals surface area (Å²) >= 11 is 0. The fraction of sp³-hybridized carbons (Fsp3) is 0.222. The van der Waals surface area contributed by atoms with Crippen LogP contribution >= 0.6 is 0 Å². The molecule has 2 nitrogen and oxygen atoms in total. The molecule has 0 unspecified atom stereocenters. The third-order valence-corrected chi connectivity index (χ3v) is 11.0. The van der Waals surface area contributed by atoms with Crippen LogP contribution in [0.25, 0.3) is 10.8 Å². The number of nitrogens with zero attached hydrogens (tertiary/aromatic N) is 1. The van der Waals surface area contributed by atoms with Gasteiger partial charge < -0.3 is 4.43 Å². The summed E-state index contributed by atoms with van der Waals surface area (Å²) in [4.78, 5) is 4.76. The zero-order chi connectivity index (χ0) is 21.2. The van der Waals surface area contributed by atoms with Crippen molar-refractivity contribution >= 4 is 29.5 Å². The normalized spacial score (nSPS) is 13.3. The predicted octanol–water partition coefficient (Wildman–Crippen LogP) is 5.87. The van der Waals surface area contributed by atoms with Crippen LogP contribution in [-0.2, 0) is 4.43 Å². The standard InChI is InChI=1S/C27H29NOSi/c1-21(26-19-22-13-11-12-14-23(22)20-28-26)29-30(27(2,3)4,24-15-7-5-8-16-24)25-17-9-6-10-18-25/h5-21H,1-4H3/t21-/m0/s1. The van der Waals surface area contributed by atoms with E-state index in [1.54, 1.807) is 0 Å². The summed E-state index contributed by atoms with van der Waals surface area (Å²) in [5, 5.41) is 4.87. The number of hydrogen-bond acceptors (Lipinski definition) is 2. The number of benzene rings is 3. The van der Waals surface area contributed by atoms with E-state index in [9.17, 15) is 0 Å². The van der Waals surface area contributed by atoms with Gasteiger partial charge in [-0.05, 0) is 33.8 Å². The molecule has 3 aromatic carbocycles. The quantitative estimate of drug-likeness (QED) is 0.383. The maximum Gasteiger partial charge on any atom is 0.261 e. The summed E-state index contributed by atoms with van der Waals surface area (Å²) in [6.07, 6.45) is 1.83. The topological polar surface area (TPSA) is 22.1 Å². The van der Waals surface area contributed by atoms with Crippen molar-refractivity contribution in [2.45, 2.75) is 38.8 Å². The summed E-state index contributed by atoms with van der Waals surface area (Å²) in [5.74, 6) is 0. The maximum absolute atomic E-state index is 7.19. The second-order valence-corrected chi connectivity index (χ2v) is 13.1. The number of pyridine rings is 1. The van der Waals surface area contributed by atoms with Gasteiger partial charge >= 0.3 is 0 Å². The molecule has 0 saturated carbocycles. The van der Waals surface area contributed by atoms with Crippen molar-refractivity contribution in [2.24, 2.45) is 0 Å². The maximum atomic E-state index is 7.19. The van der Waals surface area contributed by atoms with Crippen LogP contribution in [0.5, 0.6) is 0 Å². The molecule has 0 radical (unpaired) electrons. The van der Waals surface area contributed by atoms with Crippen molar-refractivity contribution in [3.05, 3.63) is 103 Å². The van der Waals surface area contributed by atoms with Crippen molar-refractivity contribution in [3.8, 4) is 0 Å². The second kappa shape index (κ2) is 8.17. The van der Waals surface area contributed by atoms with Crippen molar-refractivity contribution < 1.29 is 4.43 Å². The van der Waals surface area contributed by atoms with E-state index in [1.807, 2.05) is 12.3 Å². The molecule has 0 N–H and O–H groups in total. The van der Waals surface area contributed by atoms with Crippen LogP contribution in [0.4, 0.5) is 0 Å². The Hall–Kier alpha value is -2.75. The molecule has 30 heavy (non-hydrogen) atoms. The Balaban J connectivity index is 1.85. The van der Waals surface area contributed by atoms with E-state index in [-0.39, 0.29) is 11.1 Å². The van der Waals surface area contributed by atoms with Crippen LogP contribution in [0.15, 0.2) is 97.2 Å². The molecular formula is C27H29NOSi. The molecule has 0 bridgehead atoms. The van der Waals surface area contributed by atoms with E-state index in [1.165, 1.54) is 15.8 Å². The van der Waals surface area contributed by atoms with Gasteiger partial charge in [0.25, 0.3) is 8.32 Å². The molecule has 1 atom stereocenters. The Kier molecular flexibility index (Phi) is 5.59. The average Bonchev–Trinajstić information content (AvgIpc) is 2.77. The third kappa shape index (κ3) is 3.71. The second-order valence-electron chi connectivity index (χ2n) is 8.88. The van der Waals surface area contributed by atoms with Crippen LogP contribution < -0.4 is 10.4 Å². The van der Waals surface area contributed by atoms with Gasteiger partial charge in [0, 0.05) is 11.6 Å². The van der Waals surface area contributed by atoms with E-state index >= 15 is 0 Å². The van der Waals surface area contributed by atoms with Crippen LogP contribution in [0.1, 0.15) is 39.5 Å². The third-order valence-electron chi connectivity index (χ3n) is 5.84. The molecule has 0 saturated heterocycles. The first-order valence-electron chi connectivity index (χ1n) is 10.6. The van der Waals surface area contributed by atoms with E-state index in [0.717, 1.165) is 11.1 Å². The van der Waals surface area contributed by atoms with Crippen LogP contribution in [0.2, 0.25) is 5.04 Å². The molecule has 4 rings (SSSR count). The highest BCUT2D eigenvalue weighted by Crippen LogP contribution is 2.39. The van der Waals surface area contributed by atoms with Gasteiger partial charge in [-0.25, -0.2) is 0 Å². The Labute approximate surface area is 180 Å². The summed E-state index contributed by atoms with van der Waals surface area (Å²) < 4.78 is 7.19. The Morgan fingerprint density at radius 1 is 0.733 bits per heavy atom. The molecule has 0 aliphatic rings. The number of fused-ring (bicyclic) bond motifs is 1. The molecule has 3 heteroatoms. The highest BCUT2D eigenvalue weighted by molar-refractivity contribution is 6.99.